The molecular formula is C18H13ClN4O2. The minimum atomic E-state index is -0.997. The van der Waals surface area contributed by atoms with Crippen LogP contribution in [0.2, 0.25) is 5.02 Å². The normalized spacial score (nSPS) is 15.3. The number of aromatic carboxylic acids is 1. The number of hydrogen-bond donors (Lipinski definition) is 2. The summed E-state index contributed by atoms with van der Waals surface area (Å²) in [5, 5.41) is 14.1. The lowest BCUT2D eigenvalue weighted by Crippen LogP contribution is -2.26. The average molecular weight is 353 g/mol. The molecule has 2 aromatic rings. The molecule has 2 aliphatic rings. The lowest BCUT2D eigenvalue weighted by molar-refractivity contribution is 0.0697. The summed E-state index contributed by atoms with van der Waals surface area (Å²) in [6.45, 7) is 1.86. The number of nitrogens with zero attached hydrogens (tertiary/aromatic N) is 3. The quantitative estimate of drug-likeness (QED) is 0.868. The van der Waals surface area contributed by atoms with Gasteiger partial charge in [0.15, 0.2) is 5.82 Å². The molecule has 0 unspecified atom stereocenters. The summed E-state index contributed by atoms with van der Waals surface area (Å²) in [5.74, 6) is 0.443. The fourth-order valence-electron chi connectivity index (χ4n) is 2.92. The van der Waals surface area contributed by atoms with Crippen LogP contribution in [0, 0.1) is 0 Å². The Hall–Kier alpha value is -3.12. The molecule has 2 aromatic carbocycles. The molecule has 4 rings (SSSR count). The third-order valence-electron chi connectivity index (χ3n) is 4.08. The number of anilines is 1. The van der Waals surface area contributed by atoms with Crippen molar-refractivity contribution in [2.24, 2.45) is 10.1 Å². The number of carboxylic acid groups (broad SMARTS) is 1. The Morgan fingerprint density at radius 3 is 2.76 bits per heavy atom. The van der Waals surface area contributed by atoms with Crippen LogP contribution in [-0.4, -0.2) is 22.6 Å². The van der Waals surface area contributed by atoms with Gasteiger partial charge in [0.05, 0.1) is 23.2 Å². The molecule has 25 heavy (non-hydrogen) atoms. The Labute approximate surface area is 148 Å². The highest BCUT2D eigenvalue weighted by Gasteiger charge is 2.28. The van der Waals surface area contributed by atoms with Gasteiger partial charge in [0.1, 0.15) is 5.84 Å². The highest BCUT2D eigenvalue weighted by atomic mass is 35.5. The van der Waals surface area contributed by atoms with Gasteiger partial charge in [-0.05, 0) is 31.2 Å². The topological polar surface area (TPSA) is 77.3 Å². The number of hydrazone groups is 1. The summed E-state index contributed by atoms with van der Waals surface area (Å²) in [6, 6.07) is 12.3. The maximum absolute atomic E-state index is 11.4. The van der Waals surface area contributed by atoms with E-state index in [0.29, 0.717) is 22.1 Å². The van der Waals surface area contributed by atoms with E-state index >= 15 is 0 Å². The van der Waals surface area contributed by atoms with E-state index in [1.54, 1.807) is 30.5 Å². The fourth-order valence-corrected chi connectivity index (χ4v) is 3.15. The molecule has 0 spiro atoms. The van der Waals surface area contributed by atoms with E-state index < -0.39 is 5.97 Å². The predicted octanol–water partition coefficient (Wildman–Crippen LogP) is 3.43. The lowest BCUT2D eigenvalue weighted by Gasteiger charge is -2.21. The van der Waals surface area contributed by atoms with Crippen molar-refractivity contribution in [3.63, 3.8) is 0 Å². The number of halogens is 1. The van der Waals surface area contributed by atoms with Gasteiger partial charge in [-0.25, -0.2) is 4.79 Å². The molecule has 0 saturated heterocycles. The molecule has 7 heteroatoms. The number of nitrogens with one attached hydrogen (secondary N) is 1. The Morgan fingerprint density at radius 2 is 2.00 bits per heavy atom. The van der Waals surface area contributed by atoms with Crippen LogP contribution in [-0.2, 0) is 0 Å². The monoisotopic (exact) mass is 352 g/mol. The van der Waals surface area contributed by atoms with Crippen molar-refractivity contribution < 1.29 is 9.90 Å². The van der Waals surface area contributed by atoms with Gasteiger partial charge in [0.2, 0.25) is 0 Å². The zero-order valence-corrected chi connectivity index (χ0v) is 13.9. The van der Waals surface area contributed by atoms with Crippen LogP contribution in [0.25, 0.3) is 0 Å². The second-order valence-electron chi connectivity index (χ2n) is 5.62. The first kappa shape index (κ1) is 15.4. The molecule has 0 aromatic heterocycles. The first-order valence-corrected chi connectivity index (χ1v) is 7.95. The average Bonchev–Trinajstić information content (AvgIpc) is 2.88. The molecule has 0 atom stereocenters. The van der Waals surface area contributed by atoms with Gasteiger partial charge in [-0.15, -0.1) is 0 Å². The van der Waals surface area contributed by atoms with E-state index in [2.05, 4.69) is 15.5 Å². The lowest BCUT2D eigenvalue weighted by atomic mass is 9.98. The molecule has 0 fully saturated rings. The predicted molar refractivity (Wildman–Crippen MR) is 97.3 cm³/mol. The minimum Gasteiger partial charge on any atom is -0.478 e. The van der Waals surface area contributed by atoms with E-state index in [4.69, 9.17) is 11.6 Å². The first-order chi connectivity index (χ1) is 12.1. The zero-order chi connectivity index (χ0) is 17.6. The smallest absolute Gasteiger partial charge is 0.335 e. The third-order valence-corrected chi connectivity index (χ3v) is 4.41. The van der Waals surface area contributed by atoms with Crippen molar-refractivity contribution >= 4 is 34.8 Å². The summed E-state index contributed by atoms with van der Waals surface area (Å²) >= 11 is 6.36. The summed E-state index contributed by atoms with van der Waals surface area (Å²) in [4.78, 5) is 17.9. The molecule has 2 aliphatic heterocycles. The third kappa shape index (κ3) is 2.47. The Balaban J connectivity index is 1.99. The fraction of sp³-hybridized carbons (Fsp3) is 0.0556. The number of carbonyl (C=O) groups is 1. The van der Waals surface area contributed by atoms with Crippen LogP contribution >= 0.6 is 11.6 Å². The SMILES string of the molecule is CC1=NNC2=CN=C(c3ccccc3Cl)c3cc(C(=O)O)ccc3N21. The van der Waals surface area contributed by atoms with Crippen LogP contribution < -0.4 is 10.3 Å². The van der Waals surface area contributed by atoms with Crippen molar-refractivity contribution in [2.45, 2.75) is 6.92 Å². The molecule has 2 N–H and O–H groups in total. The summed E-state index contributed by atoms with van der Waals surface area (Å²) in [5.41, 5.74) is 5.93. The number of carboxylic acids is 1. The van der Waals surface area contributed by atoms with E-state index in [-0.39, 0.29) is 5.56 Å². The maximum Gasteiger partial charge on any atom is 0.335 e. The van der Waals surface area contributed by atoms with Gasteiger partial charge < -0.3 is 5.11 Å². The van der Waals surface area contributed by atoms with Gasteiger partial charge in [0, 0.05) is 16.1 Å². The van der Waals surface area contributed by atoms with E-state index in [9.17, 15) is 9.90 Å². The molecule has 0 bridgehead atoms. The molecule has 2 heterocycles. The number of fused-ring (bicyclic) bond motifs is 3. The van der Waals surface area contributed by atoms with Crippen molar-refractivity contribution in [2.75, 3.05) is 4.90 Å². The van der Waals surface area contributed by atoms with Gasteiger partial charge in [-0.3, -0.25) is 15.3 Å². The van der Waals surface area contributed by atoms with E-state index in [1.807, 2.05) is 30.0 Å². The van der Waals surface area contributed by atoms with Crippen molar-refractivity contribution in [3.05, 3.63) is 76.2 Å². The van der Waals surface area contributed by atoms with Gasteiger partial charge >= 0.3 is 5.97 Å². The standard InChI is InChI=1S/C18H13ClN4O2/c1-10-21-22-16-9-20-17(12-4-2-3-5-14(12)19)13-8-11(18(24)25)6-7-15(13)23(10)16/h2-9,22H,1H3,(H,24,25). The van der Waals surface area contributed by atoms with Crippen LogP contribution in [0.1, 0.15) is 28.4 Å². The summed E-state index contributed by atoms with van der Waals surface area (Å²) < 4.78 is 0. The van der Waals surface area contributed by atoms with E-state index in [0.717, 1.165) is 17.1 Å². The first-order valence-electron chi connectivity index (χ1n) is 7.57. The molecule has 124 valence electrons. The van der Waals surface area contributed by atoms with Gasteiger partial charge in [-0.1, -0.05) is 29.8 Å². The van der Waals surface area contributed by atoms with Crippen molar-refractivity contribution in [3.8, 4) is 0 Å². The maximum atomic E-state index is 11.4. The molecule has 0 radical (unpaired) electrons. The van der Waals surface area contributed by atoms with Gasteiger partial charge in [0.25, 0.3) is 0 Å². The Morgan fingerprint density at radius 1 is 1.20 bits per heavy atom. The number of amidine groups is 1. The summed E-state index contributed by atoms with van der Waals surface area (Å²) in [6.07, 6.45) is 1.67. The summed E-state index contributed by atoms with van der Waals surface area (Å²) in [7, 11) is 0. The van der Waals surface area contributed by atoms with Crippen LogP contribution in [0.15, 0.2) is 64.6 Å². The molecule has 0 saturated carbocycles. The van der Waals surface area contributed by atoms with Gasteiger partial charge in [-0.2, -0.15) is 5.10 Å². The van der Waals surface area contributed by atoms with Crippen LogP contribution in [0.5, 0.6) is 0 Å². The largest absolute Gasteiger partial charge is 0.478 e. The number of benzene rings is 2. The highest BCUT2D eigenvalue weighted by molar-refractivity contribution is 6.36. The zero-order valence-electron chi connectivity index (χ0n) is 13.2. The number of hydrogen-bond acceptors (Lipinski definition) is 5. The molecule has 6 nitrogen and oxygen atoms in total. The molecular weight excluding hydrogens is 340 g/mol. The van der Waals surface area contributed by atoms with E-state index in [1.165, 1.54) is 0 Å². The Kier molecular flexibility index (Phi) is 3.54. The highest BCUT2D eigenvalue weighted by Crippen LogP contribution is 2.33. The Bertz CT molecular complexity index is 994. The van der Waals surface area contributed by atoms with Crippen molar-refractivity contribution in [1.29, 1.82) is 0 Å². The second kappa shape index (κ2) is 5.75. The van der Waals surface area contributed by atoms with Crippen molar-refractivity contribution in [1.82, 2.24) is 5.43 Å². The van der Waals surface area contributed by atoms with Crippen LogP contribution in [0.4, 0.5) is 5.69 Å². The second-order valence-corrected chi connectivity index (χ2v) is 6.02. The molecule has 0 aliphatic carbocycles. The van der Waals surface area contributed by atoms with Crippen LogP contribution in [0.3, 0.4) is 0 Å². The number of aliphatic imine (C=N–C) groups is 1. The number of rotatable bonds is 2. The minimum absolute atomic E-state index is 0.184. The molecule has 0 amide bonds.